The molecule has 0 aromatic heterocycles. The van der Waals surface area contributed by atoms with Crippen molar-refractivity contribution >= 4 is 65.0 Å². The van der Waals surface area contributed by atoms with Crippen molar-refractivity contribution in [3.8, 4) is 0 Å². The Bertz CT molecular complexity index is 2580. The number of methoxy groups -OCH3 is 1. The largest absolute Gasteiger partial charge is 0.390 e. The van der Waals surface area contributed by atoms with Crippen LogP contribution in [0.15, 0.2) is 12.2 Å². The molecule has 546 valence electrons. The van der Waals surface area contributed by atoms with Gasteiger partial charge in [-0.2, -0.15) is 0 Å². The van der Waals surface area contributed by atoms with Gasteiger partial charge in [-0.25, -0.2) is 0 Å². The Morgan fingerprint density at radius 2 is 0.968 bits per heavy atom. The molecule has 1 fully saturated rings. The maximum Gasteiger partial charge on any atom is 0.248 e. The van der Waals surface area contributed by atoms with E-state index >= 15 is 33.6 Å². The predicted octanol–water partition coefficient (Wildman–Crippen LogP) is 3.37. The lowest BCUT2D eigenvalue weighted by Crippen LogP contribution is -2.64. The number of ether oxygens (including phenoxy) is 2. The number of carbonyl (C=O) groups excluding carboxylic acids is 11. The molecule has 0 radical (unpaired) electrons. The Kier molecular flexibility index (Phi) is 36.4. The van der Waals surface area contributed by atoms with Gasteiger partial charge < -0.3 is 75.0 Å². The van der Waals surface area contributed by atoms with Crippen molar-refractivity contribution in [1.29, 1.82) is 0 Å². The standard InChI is InChI=1S/C69H126N12O14/c1-28-30-32-45(13)57(82)56-61(86)72-48(29-2)63(88)79(24)53(39-95-34-31-33-74(18)19)66(91)78(23)52(38-69(16,17)94-27)60(85)73-54(43(9)10)67(92)75(20)49(35-40(3)4)59(84)70-46(14)58(83)71-47(15)62(87)76(21)50(36-41(5)6)64(89)77(22)51(37-42(7)8)65(90)80(25)55(44(11)12)68(93)81(56)26/h28,30,40-57,82H,29,31-39H2,1-27H3,(H,70,84)(H,71,83)(H,72,86)(H,73,85)/t45-,46+,47-,48+,49+,50+,51+,52+,53-,54+,55+,56+,57-/m1/s1. The zero-order chi connectivity index (χ0) is 73.6. The summed E-state index contributed by atoms with van der Waals surface area (Å²) in [5.74, 6) is -10.3. The molecule has 0 aromatic rings. The molecule has 0 spiro atoms. The van der Waals surface area contributed by atoms with Gasteiger partial charge in [0.1, 0.15) is 66.5 Å². The highest BCUT2D eigenvalue weighted by Crippen LogP contribution is 2.27. The number of nitrogens with zero attached hydrogens (tertiary/aromatic N) is 8. The number of allylic oxidation sites excluding steroid dienone is 2. The first-order chi connectivity index (χ1) is 43.9. The molecular weight excluding hydrogens is 1220 g/mol. The summed E-state index contributed by atoms with van der Waals surface area (Å²) >= 11 is 0. The average Bonchev–Trinajstić information content (AvgIpc) is 0.811. The van der Waals surface area contributed by atoms with Crippen LogP contribution in [0.4, 0.5) is 0 Å². The molecule has 1 saturated heterocycles. The molecule has 13 atom stereocenters. The fraction of sp³-hybridized carbons (Fsp3) is 0.812. The maximum atomic E-state index is 15.4. The van der Waals surface area contributed by atoms with Crippen LogP contribution in [-0.4, -0.2) is 278 Å². The maximum absolute atomic E-state index is 15.4. The first kappa shape index (κ1) is 86.8. The molecular formula is C69H126N12O14. The van der Waals surface area contributed by atoms with E-state index in [1.807, 2.05) is 60.5 Å². The first-order valence-electron chi connectivity index (χ1n) is 34.0. The van der Waals surface area contributed by atoms with E-state index < -0.39 is 161 Å². The third-order valence-corrected chi connectivity index (χ3v) is 18.1. The lowest BCUT2D eigenvalue weighted by Gasteiger charge is -2.41. The summed E-state index contributed by atoms with van der Waals surface area (Å²) in [6.45, 7) is 30.0. The lowest BCUT2D eigenvalue weighted by atomic mass is 9.91. The van der Waals surface area contributed by atoms with Gasteiger partial charge in [0.25, 0.3) is 0 Å². The number of hydrogen-bond donors (Lipinski definition) is 5. The van der Waals surface area contributed by atoms with Crippen LogP contribution in [0, 0.1) is 35.5 Å². The van der Waals surface area contributed by atoms with Crippen LogP contribution in [0.3, 0.4) is 0 Å². The molecule has 26 nitrogen and oxygen atoms in total. The van der Waals surface area contributed by atoms with Gasteiger partial charge in [-0.3, -0.25) is 52.7 Å². The van der Waals surface area contributed by atoms with Crippen LogP contribution in [0.25, 0.3) is 0 Å². The van der Waals surface area contributed by atoms with Gasteiger partial charge in [-0.1, -0.05) is 95.2 Å². The Morgan fingerprint density at radius 1 is 0.526 bits per heavy atom. The van der Waals surface area contributed by atoms with Gasteiger partial charge in [0.05, 0.1) is 18.3 Å². The quantitative estimate of drug-likeness (QED) is 0.0767. The van der Waals surface area contributed by atoms with Crippen molar-refractivity contribution < 1.29 is 67.3 Å². The van der Waals surface area contributed by atoms with Gasteiger partial charge in [0.15, 0.2) is 0 Å². The van der Waals surface area contributed by atoms with E-state index in [4.69, 9.17) is 9.47 Å². The SMILES string of the molecule is CC=CC[C@@H](C)[C@@H](O)[C@H]1C(=O)N[C@@H](CC)C(=O)N(C)[C@H](COCCCN(C)C)C(=O)N(C)[C@@H](CC(C)(C)OC)C(=O)N[C@@H](C(C)C)C(=O)N(C)[C@@H](CC(C)C)C(=O)N[C@@H](C)C(=O)N[C@H](C)C(=O)N(C)[C@@H](CC(C)C)C(=O)N(C)[C@@H](CC(C)C)C(=O)N(C)[C@@H](C(C)C)C(=O)N1C. The summed E-state index contributed by atoms with van der Waals surface area (Å²) in [5, 5.41) is 23.4. The fourth-order valence-electron chi connectivity index (χ4n) is 11.7. The van der Waals surface area contributed by atoms with Crippen molar-refractivity contribution in [2.24, 2.45) is 35.5 Å². The molecule has 95 heavy (non-hydrogen) atoms. The number of nitrogens with one attached hydrogen (secondary N) is 4. The fourth-order valence-corrected chi connectivity index (χ4v) is 11.7. The zero-order valence-electron chi connectivity index (χ0n) is 63.0. The first-order valence-corrected chi connectivity index (χ1v) is 34.0. The molecule has 11 amide bonds. The molecule has 5 N–H and O–H groups in total. The van der Waals surface area contributed by atoms with Gasteiger partial charge in [-0.15, -0.1) is 0 Å². The molecule has 0 unspecified atom stereocenters. The molecule has 1 rings (SSSR count). The zero-order valence-corrected chi connectivity index (χ0v) is 63.0. The third-order valence-electron chi connectivity index (χ3n) is 18.1. The van der Waals surface area contributed by atoms with Crippen molar-refractivity contribution in [1.82, 2.24) is 60.5 Å². The Morgan fingerprint density at radius 3 is 1.44 bits per heavy atom. The number of carbonyl (C=O) groups is 11. The Balaban J connectivity index is 4.60. The van der Waals surface area contributed by atoms with Gasteiger partial charge >= 0.3 is 0 Å². The highest BCUT2D eigenvalue weighted by molar-refractivity contribution is 6.00. The topological polar surface area (TPSA) is 300 Å². The van der Waals surface area contributed by atoms with E-state index in [0.29, 0.717) is 13.0 Å². The van der Waals surface area contributed by atoms with E-state index in [9.17, 15) is 24.3 Å². The molecule has 0 bridgehead atoms. The minimum Gasteiger partial charge on any atom is -0.390 e. The summed E-state index contributed by atoms with van der Waals surface area (Å²) in [5.41, 5.74) is -1.07. The summed E-state index contributed by atoms with van der Waals surface area (Å²) < 4.78 is 12.0. The number of amides is 11. The third kappa shape index (κ3) is 25.3. The smallest absolute Gasteiger partial charge is 0.248 e. The van der Waals surface area contributed by atoms with Gasteiger partial charge in [-0.05, 0) is 129 Å². The number of aliphatic hydroxyl groups excluding tert-OH is 1. The van der Waals surface area contributed by atoms with E-state index in [0.717, 1.165) is 9.80 Å². The highest BCUT2D eigenvalue weighted by atomic mass is 16.5. The minimum atomic E-state index is -1.67. The summed E-state index contributed by atoms with van der Waals surface area (Å²) in [4.78, 5) is 175. The van der Waals surface area contributed by atoms with Crippen molar-refractivity contribution in [3.05, 3.63) is 12.2 Å². The second-order valence-electron chi connectivity index (χ2n) is 29.1. The minimum absolute atomic E-state index is 0.0415. The Hall–Kier alpha value is -6.25. The summed E-state index contributed by atoms with van der Waals surface area (Å²) in [7, 11) is 15.1. The Labute approximate surface area is 569 Å². The second-order valence-corrected chi connectivity index (χ2v) is 29.1. The normalized spacial score (nSPS) is 26.3. The number of likely N-dealkylation sites (N-methyl/N-ethyl adjacent to an activating group) is 7. The van der Waals surface area contributed by atoms with E-state index in [-0.39, 0.29) is 69.5 Å². The van der Waals surface area contributed by atoms with E-state index in [1.54, 1.807) is 74.5 Å². The van der Waals surface area contributed by atoms with Crippen molar-refractivity contribution in [2.45, 2.75) is 241 Å². The molecule has 1 aliphatic rings. The van der Waals surface area contributed by atoms with Crippen LogP contribution >= 0.6 is 0 Å². The monoisotopic (exact) mass is 1350 g/mol. The molecule has 1 aliphatic heterocycles. The second kappa shape index (κ2) is 39.8. The molecule has 26 heteroatoms. The van der Waals surface area contributed by atoms with Gasteiger partial charge in [0.2, 0.25) is 65.0 Å². The summed E-state index contributed by atoms with van der Waals surface area (Å²) in [6, 6.07) is -14.4. The number of rotatable bonds is 22. The highest BCUT2D eigenvalue weighted by Gasteiger charge is 2.47. The number of aliphatic hydroxyl groups is 1. The summed E-state index contributed by atoms with van der Waals surface area (Å²) in [6.07, 6.45) is 3.11. The van der Waals surface area contributed by atoms with Gasteiger partial charge in [0, 0.05) is 69.5 Å². The lowest BCUT2D eigenvalue weighted by molar-refractivity contribution is -0.157. The van der Waals surface area contributed by atoms with Crippen LogP contribution in [0.2, 0.25) is 0 Å². The van der Waals surface area contributed by atoms with E-state index in [2.05, 4.69) is 21.3 Å². The van der Waals surface area contributed by atoms with E-state index in [1.165, 1.54) is 94.8 Å². The van der Waals surface area contributed by atoms with Crippen LogP contribution in [0.1, 0.15) is 163 Å². The molecule has 0 saturated carbocycles. The average molecular weight is 1350 g/mol. The molecule has 1 heterocycles. The molecule has 0 aromatic carbocycles. The van der Waals surface area contributed by atoms with Crippen molar-refractivity contribution in [3.63, 3.8) is 0 Å². The van der Waals surface area contributed by atoms with Crippen molar-refractivity contribution in [2.75, 3.05) is 90.3 Å². The predicted molar refractivity (Wildman–Crippen MR) is 368 cm³/mol. The number of hydrogen-bond acceptors (Lipinski definition) is 15. The van der Waals surface area contributed by atoms with Crippen LogP contribution in [-0.2, 0) is 62.2 Å². The van der Waals surface area contributed by atoms with Crippen LogP contribution in [0.5, 0.6) is 0 Å². The van der Waals surface area contributed by atoms with Crippen LogP contribution < -0.4 is 21.3 Å². The molecule has 0 aliphatic carbocycles.